The smallest absolute Gasteiger partial charge is 0.185 e. The zero-order chi connectivity index (χ0) is 15.6. The van der Waals surface area contributed by atoms with E-state index in [2.05, 4.69) is 25.8 Å². The lowest BCUT2D eigenvalue weighted by Gasteiger charge is -2.05. The van der Waals surface area contributed by atoms with Crippen LogP contribution < -0.4 is 5.43 Å². The third-order valence-corrected chi connectivity index (χ3v) is 3.42. The minimum atomic E-state index is -0.277. The van der Waals surface area contributed by atoms with Gasteiger partial charge in [-0.3, -0.25) is 5.43 Å². The number of halogens is 1. The summed E-state index contributed by atoms with van der Waals surface area (Å²) in [6.07, 6.45) is 3.14. The third-order valence-electron chi connectivity index (χ3n) is 3.42. The Morgan fingerprint density at radius 2 is 1.83 bits per heavy atom. The monoisotopic (exact) mass is 306 g/mol. The Labute approximate surface area is 130 Å². The maximum atomic E-state index is 12.9. The summed E-state index contributed by atoms with van der Waals surface area (Å²) in [5.41, 5.74) is 4.40. The van der Waals surface area contributed by atoms with Crippen molar-refractivity contribution in [3.8, 4) is 0 Å². The molecule has 4 rings (SSSR count). The first-order valence-corrected chi connectivity index (χ1v) is 6.95. The fourth-order valence-corrected chi connectivity index (χ4v) is 2.33. The number of anilines is 1. The molecule has 4 aromatic rings. The summed E-state index contributed by atoms with van der Waals surface area (Å²) in [7, 11) is 0. The molecule has 2 heterocycles. The third kappa shape index (κ3) is 2.48. The second-order valence-electron chi connectivity index (χ2n) is 4.91. The largest absolute Gasteiger partial charge is 0.259 e. The van der Waals surface area contributed by atoms with E-state index < -0.39 is 0 Å². The van der Waals surface area contributed by atoms with Gasteiger partial charge in [0.05, 0.1) is 6.21 Å². The Kier molecular flexibility index (Phi) is 3.16. The Bertz CT molecular complexity index is 1010. The lowest BCUT2D eigenvalue weighted by Crippen LogP contribution is -2.00. The maximum absolute atomic E-state index is 12.9. The van der Waals surface area contributed by atoms with Gasteiger partial charge >= 0.3 is 0 Å². The average Bonchev–Trinajstić information content (AvgIpc) is 3.05. The summed E-state index contributed by atoms with van der Waals surface area (Å²) in [6.45, 7) is 0. The van der Waals surface area contributed by atoms with Gasteiger partial charge in [0.25, 0.3) is 0 Å². The molecule has 23 heavy (non-hydrogen) atoms. The van der Waals surface area contributed by atoms with Gasteiger partial charge in [-0.25, -0.2) is 4.39 Å². The van der Waals surface area contributed by atoms with E-state index in [1.54, 1.807) is 22.9 Å². The molecule has 0 unspecified atom stereocenters. The molecule has 0 saturated carbocycles. The van der Waals surface area contributed by atoms with Crippen LogP contribution in [0.25, 0.3) is 16.4 Å². The van der Waals surface area contributed by atoms with Gasteiger partial charge in [-0.2, -0.15) is 9.62 Å². The number of aromatic nitrogens is 4. The molecular weight excluding hydrogens is 295 g/mol. The van der Waals surface area contributed by atoms with Gasteiger partial charge in [0.2, 0.25) is 0 Å². The molecule has 0 bridgehead atoms. The lowest BCUT2D eigenvalue weighted by atomic mass is 10.2. The van der Waals surface area contributed by atoms with Gasteiger partial charge in [-0.15, -0.1) is 15.3 Å². The molecule has 0 radical (unpaired) electrons. The molecule has 2 aromatic carbocycles. The van der Waals surface area contributed by atoms with Crippen molar-refractivity contribution in [1.29, 1.82) is 0 Å². The van der Waals surface area contributed by atoms with Crippen LogP contribution in [0.5, 0.6) is 0 Å². The molecule has 0 aliphatic carbocycles. The second-order valence-corrected chi connectivity index (χ2v) is 4.91. The highest BCUT2D eigenvalue weighted by molar-refractivity contribution is 5.99. The van der Waals surface area contributed by atoms with Gasteiger partial charge in [-0.05, 0) is 17.7 Å². The van der Waals surface area contributed by atoms with Gasteiger partial charge in [0.15, 0.2) is 11.5 Å². The molecule has 0 atom stereocenters. The molecule has 0 saturated heterocycles. The van der Waals surface area contributed by atoms with E-state index in [-0.39, 0.29) is 5.82 Å². The van der Waals surface area contributed by atoms with Crippen molar-refractivity contribution >= 4 is 28.5 Å². The minimum Gasteiger partial charge on any atom is -0.259 e. The number of benzene rings is 2. The summed E-state index contributed by atoms with van der Waals surface area (Å²) in [6, 6.07) is 13.8. The number of hydrogen-bond donors (Lipinski definition) is 1. The predicted molar refractivity (Wildman–Crippen MR) is 85.9 cm³/mol. The normalized spacial score (nSPS) is 11.5. The highest BCUT2D eigenvalue weighted by atomic mass is 19.1. The first kappa shape index (κ1) is 13.3. The van der Waals surface area contributed by atoms with Crippen LogP contribution in [0.4, 0.5) is 10.2 Å². The molecule has 6 nitrogen and oxygen atoms in total. The Morgan fingerprint density at radius 3 is 2.65 bits per heavy atom. The van der Waals surface area contributed by atoms with E-state index in [4.69, 9.17) is 0 Å². The Hall–Kier alpha value is -3.35. The number of rotatable bonds is 3. The van der Waals surface area contributed by atoms with Crippen molar-refractivity contribution < 1.29 is 4.39 Å². The van der Waals surface area contributed by atoms with Crippen molar-refractivity contribution in [2.24, 2.45) is 5.10 Å². The fourth-order valence-electron chi connectivity index (χ4n) is 2.33. The average molecular weight is 306 g/mol. The quantitative estimate of drug-likeness (QED) is 0.467. The molecule has 0 aliphatic rings. The van der Waals surface area contributed by atoms with Gasteiger partial charge in [0.1, 0.15) is 12.1 Å². The molecule has 0 aliphatic heterocycles. The van der Waals surface area contributed by atoms with Crippen molar-refractivity contribution in [2.75, 3.05) is 5.43 Å². The highest BCUT2D eigenvalue weighted by Crippen LogP contribution is 2.23. The van der Waals surface area contributed by atoms with Crippen LogP contribution in [0.1, 0.15) is 5.56 Å². The van der Waals surface area contributed by atoms with E-state index in [0.29, 0.717) is 11.5 Å². The first-order chi connectivity index (χ1) is 11.3. The van der Waals surface area contributed by atoms with Gasteiger partial charge in [-0.1, -0.05) is 36.4 Å². The number of hydrogen-bond acceptors (Lipinski definition) is 5. The molecule has 0 spiro atoms. The topological polar surface area (TPSA) is 67.5 Å². The maximum Gasteiger partial charge on any atom is 0.185 e. The van der Waals surface area contributed by atoms with Crippen molar-refractivity contribution in [2.45, 2.75) is 0 Å². The molecule has 7 heteroatoms. The zero-order valence-corrected chi connectivity index (χ0v) is 11.9. The van der Waals surface area contributed by atoms with Crippen LogP contribution in [0.2, 0.25) is 0 Å². The van der Waals surface area contributed by atoms with Crippen LogP contribution in [0.15, 0.2) is 60.0 Å². The van der Waals surface area contributed by atoms with Gasteiger partial charge in [0, 0.05) is 10.8 Å². The molecule has 1 N–H and O–H groups in total. The van der Waals surface area contributed by atoms with E-state index in [0.717, 1.165) is 16.3 Å². The SMILES string of the molecule is Fc1ccc(C=NNc2nn3cnnc3c3ccccc23)cc1. The standard InChI is InChI=1S/C16H11FN6/c17-12-7-5-11(6-8-12)9-18-20-15-13-3-1-2-4-14(13)16-21-19-10-23(16)22-15/h1-10H,(H,20,22). The van der Waals surface area contributed by atoms with Crippen molar-refractivity contribution in [3.63, 3.8) is 0 Å². The minimum absolute atomic E-state index is 0.277. The number of nitrogens with one attached hydrogen (secondary N) is 1. The van der Waals surface area contributed by atoms with Crippen LogP contribution in [-0.4, -0.2) is 26.0 Å². The van der Waals surface area contributed by atoms with E-state index in [1.807, 2.05) is 24.3 Å². The molecular formula is C16H11FN6. The Morgan fingerprint density at radius 1 is 1.04 bits per heavy atom. The molecule has 0 amide bonds. The first-order valence-electron chi connectivity index (χ1n) is 6.95. The molecule has 0 fully saturated rings. The van der Waals surface area contributed by atoms with Crippen molar-refractivity contribution in [1.82, 2.24) is 19.8 Å². The van der Waals surface area contributed by atoms with E-state index in [9.17, 15) is 4.39 Å². The van der Waals surface area contributed by atoms with E-state index in [1.165, 1.54) is 18.5 Å². The highest BCUT2D eigenvalue weighted by Gasteiger charge is 2.08. The van der Waals surface area contributed by atoms with Crippen LogP contribution in [0, 0.1) is 5.82 Å². The molecule has 112 valence electrons. The number of fused-ring (bicyclic) bond motifs is 3. The summed E-state index contributed by atoms with van der Waals surface area (Å²) in [4.78, 5) is 0. The summed E-state index contributed by atoms with van der Waals surface area (Å²) in [5.74, 6) is 0.312. The summed E-state index contributed by atoms with van der Waals surface area (Å²) in [5, 5.41) is 18.4. The Balaban J connectivity index is 1.71. The summed E-state index contributed by atoms with van der Waals surface area (Å²) >= 11 is 0. The van der Waals surface area contributed by atoms with Crippen LogP contribution in [-0.2, 0) is 0 Å². The van der Waals surface area contributed by atoms with Crippen molar-refractivity contribution in [3.05, 3.63) is 66.2 Å². The van der Waals surface area contributed by atoms with E-state index >= 15 is 0 Å². The van der Waals surface area contributed by atoms with Gasteiger partial charge < -0.3 is 0 Å². The van der Waals surface area contributed by atoms with Crippen LogP contribution >= 0.6 is 0 Å². The summed E-state index contributed by atoms with van der Waals surface area (Å²) < 4.78 is 14.5. The predicted octanol–water partition coefficient (Wildman–Crippen LogP) is 2.86. The zero-order valence-electron chi connectivity index (χ0n) is 11.9. The van der Waals surface area contributed by atoms with Crippen LogP contribution in [0.3, 0.4) is 0 Å². The lowest BCUT2D eigenvalue weighted by molar-refractivity contribution is 0.628. The number of nitrogens with zero attached hydrogens (tertiary/aromatic N) is 5. The number of hydrazone groups is 1. The second kappa shape index (κ2) is 5.45. The molecule has 2 aromatic heterocycles. The fraction of sp³-hybridized carbons (Fsp3) is 0.